The molecule has 0 saturated heterocycles. The van der Waals surface area contributed by atoms with Crippen LogP contribution in [-0.4, -0.2) is 27.3 Å². The van der Waals surface area contributed by atoms with Crippen molar-refractivity contribution in [1.82, 2.24) is 14.9 Å². The molecule has 1 aliphatic rings. The van der Waals surface area contributed by atoms with Gasteiger partial charge < -0.3 is 9.88 Å². The van der Waals surface area contributed by atoms with Crippen LogP contribution in [0.15, 0.2) is 54.6 Å². The molecule has 5 rings (SSSR count). The number of aromatic nitrogens is 2. The topological polar surface area (TPSA) is 49.0 Å². The van der Waals surface area contributed by atoms with Gasteiger partial charge in [-0.05, 0) is 36.6 Å². The average Bonchev–Trinajstić information content (AvgIpc) is 3.12. The molecule has 1 N–H and O–H groups in total. The predicted octanol–water partition coefficient (Wildman–Crippen LogP) is 4.22. The maximum Gasteiger partial charge on any atom is 0.272 e. The van der Waals surface area contributed by atoms with Gasteiger partial charge in [-0.15, -0.1) is 0 Å². The summed E-state index contributed by atoms with van der Waals surface area (Å²) >= 11 is 0. The maximum absolute atomic E-state index is 13.0. The quantitative estimate of drug-likeness (QED) is 0.563. The van der Waals surface area contributed by atoms with Crippen molar-refractivity contribution in [2.75, 3.05) is 6.54 Å². The zero-order valence-corrected chi connectivity index (χ0v) is 14.6. The molecule has 0 radical (unpaired) electrons. The van der Waals surface area contributed by atoms with Crippen molar-refractivity contribution in [2.45, 2.75) is 19.9 Å². The molecule has 0 unspecified atom stereocenters. The van der Waals surface area contributed by atoms with Crippen molar-refractivity contribution in [2.24, 2.45) is 0 Å². The van der Waals surface area contributed by atoms with Gasteiger partial charge in [-0.3, -0.25) is 4.79 Å². The normalized spacial score (nSPS) is 14.0. The highest BCUT2D eigenvalue weighted by molar-refractivity contribution is 6.07. The Balaban J connectivity index is 1.54. The highest BCUT2D eigenvalue weighted by Crippen LogP contribution is 2.26. The Morgan fingerprint density at radius 2 is 1.81 bits per heavy atom. The number of aromatic amines is 1. The molecule has 128 valence electrons. The number of H-pyrrole nitrogens is 1. The molecule has 0 atom stereocenters. The fourth-order valence-electron chi connectivity index (χ4n) is 3.82. The van der Waals surface area contributed by atoms with Gasteiger partial charge in [-0.2, -0.15) is 0 Å². The molecule has 4 aromatic rings. The minimum Gasteiger partial charge on any atom is -0.357 e. The third kappa shape index (κ3) is 2.37. The summed E-state index contributed by atoms with van der Waals surface area (Å²) in [5, 5.41) is 2.10. The van der Waals surface area contributed by atoms with Crippen LogP contribution in [-0.2, 0) is 13.0 Å². The molecule has 4 nitrogen and oxygen atoms in total. The molecule has 4 heteroatoms. The Morgan fingerprint density at radius 3 is 2.69 bits per heavy atom. The SMILES string of the molecule is Cc1ccc2ccc3cc(C(=O)N4CCc5ccccc5C4)nc3c2[nH]1. The van der Waals surface area contributed by atoms with Crippen molar-refractivity contribution in [3.05, 3.63) is 77.1 Å². The van der Waals surface area contributed by atoms with Gasteiger partial charge >= 0.3 is 0 Å². The van der Waals surface area contributed by atoms with Crippen LogP contribution in [0.25, 0.3) is 21.8 Å². The number of aryl methyl sites for hydroxylation is 1. The maximum atomic E-state index is 13.0. The number of pyridine rings is 1. The average molecular weight is 341 g/mol. The highest BCUT2D eigenvalue weighted by Gasteiger charge is 2.23. The monoisotopic (exact) mass is 341 g/mol. The molecular weight excluding hydrogens is 322 g/mol. The molecule has 3 heterocycles. The van der Waals surface area contributed by atoms with Crippen LogP contribution in [0.5, 0.6) is 0 Å². The lowest BCUT2D eigenvalue weighted by atomic mass is 10.00. The van der Waals surface area contributed by atoms with Crippen molar-refractivity contribution in [3.63, 3.8) is 0 Å². The van der Waals surface area contributed by atoms with Gasteiger partial charge in [0.25, 0.3) is 5.91 Å². The van der Waals surface area contributed by atoms with Crippen LogP contribution >= 0.6 is 0 Å². The number of carbonyl (C=O) groups excluding carboxylic acids is 1. The third-order valence-corrected chi connectivity index (χ3v) is 5.24. The van der Waals surface area contributed by atoms with Crippen LogP contribution in [0.3, 0.4) is 0 Å². The summed E-state index contributed by atoms with van der Waals surface area (Å²) in [4.78, 5) is 23.0. The van der Waals surface area contributed by atoms with Crippen molar-refractivity contribution >= 4 is 27.7 Å². The molecule has 0 bridgehead atoms. The van der Waals surface area contributed by atoms with Crippen molar-refractivity contribution in [3.8, 4) is 0 Å². The zero-order chi connectivity index (χ0) is 17.7. The smallest absolute Gasteiger partial charge is 0.272 e. The molecule has 0 fully saturated rings. The molecular formula is C22H19N3O. The fraction of sp³-hybridized carbons (Fsp3) is 0.182. The number of amides is 1. The third-order valence-electron chi connectivity index (χ3n) is 5.24. The fourth-order valence-corrected chi connectivity index (χ4v) is 3.82. The standard InChI is InChI=1S/C22H19N3O/c1-14-6-7-16-8-9-17-12-19(24-21(17)20(16)23-14)22(26)25-11-10-15-4-2-3-5-18(15)13-25/h2-9,12,23H,10-11,13H2,1H3. The Labute approximate surface area is 151 Å². The van der Waals surface area contributed by atoms with Crippen molar-refractivity contribution < 1.29 is 4.79 Å². The molecule has 0 spiro atoms. The minimum absolute atomic E-state index is 0.0107. The second kappa shape index (κ2) is 5.70. The van der Waals surface area contributed by atoms with Gasteiger partial charge in [0.15, 0.2) is 0 Å². The largest absolute Gasteiger partial charge is 0.357 e. The minimum atomic E-state index is 0.0107. The van der Waals surface area contributed by atoms with Gasteiger partial charge in [0, 0.05) is 29.6 Å². The highest BCUT2D eigenvalue weighted by atomic mass is 16.2. The summed E-state index contributed by atoms with van der Waals surface area (Å²) in [6, 6.07) is 18.5. The Bertz CT molecular complexity index is 1160. The number of nitrogens with zero attached hydrogens (tertiary/aromatic N) is 2. The van der Waals surface area contributed by atoms with Crippen LogP contribution in [0, 0.1) is 6.92 Å². The molecule has 0 saturated carbocycles. The number of hydrogen-bond donors (Lipinski definition) is 1. The van der Waals surface area contributed by atoms with E-state index in [0.29, 0.717) is 12.2 Å². The first-order valence-corrected chi connectivity index (χ1v) is 8.94. The van der Waals surface area contributed by atoms with E-state index in [1.807, 2.05) is 36.1 Å². The lowest BCUT2D eigenvalue weighted by Gasteiger charge is -2.28. The first-order chi connectivity index (χ1) is 12.7. The Morgan fingerprint density at radius 1 is 1.04 bits per heavy atom. The molecule has 1 amide bonds. The zero-order valence-electron chi connectivity index (χ0n) is 14.6. The summed E-state index contributed by atoms with van der Waals surface area (Å²) in [6.07, 6.45) is 0.901. The van der Waals surface area contributed by atoms with Gasteiger partial charge in [-0.25, -0.2) is 4.98 Å². The number of benzene rings is 2. The number of fused-ring (bicyclic) bond motifs is 4. The number of rotatable bonds is 1. The molecule has 0 aliphatic carbocycles. The molecule has 26 heavy (non-hydrogen) atoms. The summed E-state index contributed by atoms with van der Waals surface area (Å²) in [5.74, 6) is 0.0107. The van der Waals surface area contributed by atoms with Crippen LogP contribution in [0.4, 0.5) is 0 Å². The first-order valence-electron chi connectivity index (χ1n) is 8.94. The van der Waals surface area contributed by atoms with E-state index < -0.39 is 0 Å². The summed E-state index contributed by atoms with van der Waals surface area (Å²) < 4.78 is 0. The van der Waals surface area contributed by atoms with E-state index in [2.05, 4.69) is 35.3 Å². The first kappa shape index (κ1) is 15.1. The van der Waals surface area contributed by atoms with Gasteiger partial charge in [0.2, 0.25) is 0 Å². The molecule has 1 aliphatic heterocycles. The van der Waals surface area contributed by atoms with Crippen molar-refractivity contribution in [1.29, 1.82) is 0 Å². The Hall–Kier alpha value is -3.14. The van der Waals surface area contributed by atoms with Crippen LogP contribution < -0.4 is 0 Å². The van der Waals surface area contributed by atoms with Gasteiger partial charge in [0.1, 0.15) is 5.69 Å². The number of carbonyl (C=O) groups is 1. The van der Waals surface area contributed by atoms with Gasteiger partial charge in [-0.1, -0.05) is 42.5 Å². The van der Waals surface area contributed by atoms with E-state index in [4.69, 9.17) is 4.98 Å². The van der Waals surface area contributed by atoms with E-state index >= 15 is 0 Å². The van der Waals surface area contributed by atoms with Crippen LogP contribution in [0.2, 0.25) is 0 Å². The lowest BCUT2D eigenvalue weighted by molar-refractivity contribution is 0.0730. The second-order valence-corrected chi connectivity index (χ2v) is 7.00. The second-order valence-electron chi connectivity index (χ2n) is 7.00. The van der Waals surface area contributed by atoms with E-state index in [1.165, 1.54) is 11.1 Å². The van der Waals surface area contributed by atoms with Gasteiger partial charge in [0.05, 0.1) is 11.0 Å². The summed E-state index contributed by atoms with van der Waals surface area (Å²) in [5.41, 5.74) is 6.04. The van der Waals surface area contributed by atoms with E-state index in [9.17, 15) is 4.79 Å². The number of hydrogen-bond acceptors (Lipinski definition) is 2. The predicted molar refractivity (Wildman–Crippen MR) is 103 cm³/mol. The van der Waals surface area contributed by atoms with E-state index in [-0.39, 0.29) is 5.91 Å². The van der Waals surface area contributed by atoms with E-state index in [0.717, 1.165) is 40.5 Å². The Kier molecular flexibility index (Phi) is 3.32. The molecule has 2 aromatic heterocycles. The lowest BCUT2D eigenvalue weighted by Crippen LogP contribution is -2.36. The van der Waals surface area contributed by atoms with Crippen LogP contribution in [0.1, 0.15) is 27.3 Å². The summed E-state index contributed by atoms with van der Waals surface area (Å²) in [6.45, 7) is 3.42. The number of nitrogens with one attached hydrogen (secondary N) is 1. The molecule has 2 aromatic carbocycles. The van der Waals surface area contributed by atoms with E-state index in [1.54, 1.807) is 0 Å². The summed E-state index contributed by atoms with van der Waals surface area (Å²) in [7, 11) is 0.